The number of hydrogen-bond donors (Lipinski definition) is 0. The van der Waals surface area contributed by atoms with Crippen LogP contribution in [0.1, 0.15) is 38.3 Å². The van der Waals surface area contributed by atoms with Gasteiger partial charge in [-0.1, -0.05) is 59.7 Å². The van der Waals surface area contributed by atoms with Gasteiger partial charge in [0.2, 0.25) is 0 Å². The summed E-state index contributed by atoms with van der Waals surface area (Å²) in [6.07, 6.45) is 9.64. The van der Waals surface area contributed by atoms with Crippen LogP contribution >= 0.6 is 0 Å². The average Bonchev–Trinajstić information content (AvgIpc) is 2.30. The number of aryl methyl sites for hydroxylation is 1. The van der Waals surface area contributed by atoms with E-state index in [1.807, 2.05) is 0 Å². The van der Waals surface area contributed by atoms with E-state index in [1.54, 1.807) is 0 Å². The summed E-state index contributed by atoms with van der Waals surface area (Å²) in [6, 6.07) is 8.42. The maximum Gasteiger partial charge on any atom is -0.0136 e. The molecule has 1 aromatic carbocycles. The maximum atomic E-state index is 2.21. The Morgan fingerprint density at radius 1 is 1.06 bits per heavy atom. The predicted molar refractivity (Wildman–Crippen MR) is 78.0 cm³/mol. The van der Waals surface area contributed by atoms with E-state index in [-0.39, 0.29) is 0 Å². The summed E-state index contributed by atoms with van der Waals surface area (Å²) in [5.41, 5.74) is 5.47. The van der Waals surface area contributed by atoms with Gasteiger partial charge in [0, 0.05) is 0 Å². The van der Waals surface area contributed by atoms with E-state index in [4.69, 9.17) is 0 Å². The third-order valence-electron chi connectivity index (χ3n) is 2.99. The molecule has 90 valence electrons. The standard InChI is InChI=1S/C17H22/c1-14(2)15(3)10-6-5-7-12-17-13-9-8-11-16(17)4/h5-9,11-13H,10H2,1-4H3/b6-5+,12-7+. The first-order valence-electron chi connectivity index (χ1n) is 6.13. The third-order valence-corrected chi connectivity index (χ3v) is 2.99. The Kier molecular flexibility index (Phi) is 5.48. The average molecular weight is 226 g/mol. The van der Waals surface area contributed by atoms with Crippen molar-refractivity contribution in [3.63, 3.8) is 0 Å². The number of hydrogen-bond acceptors (Lipinski definition) is 0. The highest BCUT2D eigenvalue weighted by atomic mass is 14.0. The highest BCUT2D eigenvalue weighted by molar-refractivity contribution is 5.54. The smallest absolute Gasteiger partial charge is 0.0136 e. The molecule has 0 unspecified atom stereocenters. The topological polar surface area (TPSA) is 0 Å². The second kappa shape index (κ2) is 6.90. The van der Waals surface area contributed by atoms with Gasteiger partial charge in [-0.25, -0.2) is 0 Å². The fraction of sp³-hybridized carbons (Fsp3) is 0.294. The van der Waals surface area contributed by atoms with E-state index in [9.17, 15) is 0 Å². The van der Waals surface area contributed by atoms with Crippen LogP contribution in [0.2, 0.25) is 0 Å². The molecule has 0 saturated carbocycles. The Labute approximate surface area is 105 Å². The maximum absolute atomic E-state index is 2.21. The van der Waals surface area contributed by atoms with Gasteiger partial charge >= 0.3 is 0 Å². The molecule has 1 rings (SSSR count). The molecule has 0 radical (unpaired) electrons. The first-order chi connectivity index (χ1) is 8.11. The summed E-state index contributed by atoms with van der Waals surface area (Å²) >= 11 is 0. The van der Waals surface area contributed by atoms with Crippen molar-refractivity contribution in [2.24, 2.45) is 0 Å². The molecular formula is C17H22. The van der Waals surface area contributed by atoms with Crippen LogP contribution in [0.4, 0.5) is 0 Å². The molecule has 0 atom stereocenters. The number of allylic oxidation sites excluding steroid dienone is 5. The number of rotatable bonds is 4. The van der Waals surface area contributed by atoms with E-state index in [0.29, 0.717) is 0 Å². The van der Waals surface area contributed by atoms with Crippen molar-refractivity contribution in [3.05, 3.63) is 64.8 Å². The SMILES string of the molecule is CC(C)=C(C)C/C=C/C=C/c1ccccc1C. The first kappa shape index (κ1) is 13.5. The van der Waals surface area contributed by atoms with E-state index in [2.05, 4.69) is 76.3 Å². The lowest BCUT2D eigenvalue weighted by molar-refractivity contribution is 1.13. The largest absolute Gasteiger partial charge is 0.0805 e. The molecule has 0 bridgehead atoms. The lowest BCUT2D eigenvalue weighted by Gasteiger charge is -1.98. The van der Waals surface area contributed by atoms with Gasteiger partial charge in [0.05, 0.1) is 0 Å². The molecule has 0 saturated heterocycles. The predicted octanol–water partition coefficient (Wildman–Crippen LogP) is 5.31. The van der Waals surface area contributed by atoms with Gasteiger partial charge in [-0.2, -0.15) is 0 Å². The second-order valence-electron chi connectivity index (χ2n) is 4.63. The van der Waals surface area contributed by atoms with Gasteiger partial charge in [-0.15, -0.1) is 0 Å². The monoisotopic (exact) mass is 226 g/mol. The van der Waals surface area contributed by atoms with Crippen LogP contribution in [0.3, 0.4) is 0 Å². The molecule has 1 aromatic rings. The fourth-order valence-corrected chi connectivity index (χ4v) is 1.46. The zero-order chi connectivity index (χ0) is 12.7. The van der Waals surface area contributed by atoms with Gasteiger partial charge < -0.3 is 0 Å². The van der Waals surface area contributed by atoms with Crippen molar-refractivity contribution in [2.75, 3.05) is 0 Å². The third kappa shape index (κ3) is 4.86. The lowest BCUT2D eigenvalue weighted by Crippen LogP contribution is -1.77. The van der Waals surface area contributed by atoms with Gasteiger partial charge in [-0.05, 0) is 45.2 Å². The molecular weight excluding hydrogens is 204 g/mol. The molecule has 0 fully saturated rings. The van der Waals surface area contributed by atoms with Gasteiger partial charge in [0.1, 0.15) is 0 Å². The van der Waals surface area contributed by atoms with E-state index < -0.39 is 0 Å². The summed E-state index contributed by atoms with van der Waals surface area (Å²) < 4.78 is 0. The molecule has 0 amide bonds. The highest BCUT2D eigenvalue weighted by Crippen LogP contribution is 2.10. The van der Waals surface area contributed by atoms with Crippen molar-refractivity contribution in [1.82, 2.24) is 0 Å². The summed E-state index contributed by atoms with van der Waals surface area (Å²) in [5, 5.41) is 0. The van der Waals surface area contributed by atoms with Crippen molar-refractivity contribution in [2.45, 2.75) is 34.1 Å². The second-order valence-corrected chi connectivity index (χ2v) is 4.63. The van der Waals surface area contributed by atoms with Crippen LogP contribution in [0.25, 0.3) is 6.08 Å². The zero-order valence-corrected chi connectivity index (χ0v) is 11.3. The lowest BCUT2D eigenvalue weighted by atomic mass is 10.1. The molecule has 0 heterocycles. The van der Waals surface area contributed by atoms with Crippen molar-refractivity contribution < 1.29 is 0 Å². The molecule has 0 heteroatoms. The van der Waals surface area contributed by atoms with Crippen LogP contribution < -0.4 is 0 Å². The molecule has 0 aromatic heterocycles. The van der Waals surface area contributed by atoms with E-state index in [1.165, 1.54) is 22.3 Å². The van der Waals surface area contributed by atoms with Gasteiger partial charge in [-0.3, -0.25) is 0 Å². The van der Waals surface area contributed by atoms with Crippen molar-refractivity contribution in [1.29, 1.82) is 0 Å². The Morgan fingerprint density at radius 2 is 1.76 bits per heavy atom. The fourth-order valence-electron chi connectivity index (χ4n) is 1.46. The molecule has 0 aliphatic rings. The molecule has 0 nitrogen and oxygen atoms in total. The minimum atomic E-state index is 1.04. The van der Waals surface area contributed by atoms with Crippen LogP contribution in [-0.2, 0) is 0 Å². The van der Waals surface area contributed by atoms with Crippen LogP contribution in [0.5, 0.6) is 0 Å². The Bertz CT molecular complexity index is 441. The Hall–Kier alpha value is -1.56. The summed E-state index contributed by atoms with van der Waals surface area (Å²) in [5.74, 6) is 0. The normalized spacial score (nSPS) is 11.3. The van der Waals surface area contributed by atoms with Gasteiger partial charge in [0.15, 0.2) is 0 Å². The summed E-state index contributed by atoms with van der Waals surface area (Å²) in [6.45, 7) is 8.64. The van der Waals surface area contributed by atoms with Crippen LogP contribution in [-0.4, -0.2) is 0 Å². The molecule has 0 spiro atoms. The minimum Gasteiger partial charge on any atom is -0.0805 e. The Morgan fingerprint density at radius 3 is 2.41 bits per heavy atom. The summed E-state index contributed by atoms with van der Waals surface area (Å²) in [4.78, 5) is 0. The summed E-state index contributed by atoms with van der Waals surface area (Å²) in [7, 11) is 0. The van der Waals surface area contributed by atoms with Crippen LogP contribution in [0.15, 0.2) is 53.6 Å². The molecule has 0 N–H and O–H groups in total. The quantitative estimate of drug-likeness (QED) is 0.482. The zero-order valence-electron chi connectivity index (χ0n) is 11.3. The van der Waals surface area contributed by atoms with E-state index >= 15 is 0 Å². The van der Waals surface area contributed by atoms with E-state index in [0.717, 1.165) is 6.42 Å². The first-order valence-corrected chi connectivity index (χ1v) is 6.13. The van der Waals surface area contributed by atoms with Crippen molar-refractivity contribution >= 4 is 6.08 Å². The van der Waals surface area contributed by atoms with Crippen LogP contribution in [0, 0.1) is 6.92 Å². The minimum absolute atomic E-state index is 1.04. The number of benzene rings is 1. The molecule has 0 aliphatic heterocycles. The van der Waals surface area contributed by atoms with Crippen molar-refractivity contribution in [3.8, 4) is 0 Å². The highest BCUT2D eigenvalue weighted by Gasteiger charge is 1.89. The molecule has 0 aliphatic carbocycles. The molecule has 17 heavy (non-hydrogen) atoms. The van der Waals surface area contributed by atoms with Gasteiger partial charge in [0.25, 0.3) is 0 Å². The Balaban J connectivity index is 2.54.